The molecule has 7 heteroatoms. The van der Waals surface area contributed by atoms with E-state index in [-0.39, 0.29) is 18.0 Å². The number of benzene rings is 4. The second-order valence-corrected chi connectivity index (χ2v) is 17.6. The van der Waals surface area contributed by atoms with E-state index in [1.807, 2.05) is 60.7 Å². The number of hydrogen-bond acceptors (Lipinski definition) is 3. The molecule has 0 aliphatic carbocycles. The summed E-state index contributed by atoms with van der Waals surface area (Å²) in [5, 5.41) is 13.1. The zero-order valence-corrected chi connectivity index (χ0v) is 27.9. The van der Waals surface area contributed by atoms with Crippen LogP contribution in [0.5, 0.6) is 0 Å². The van der Waals surface area contributed by atoms with Crippen LogP contribution in [0.2, 0.25) is 0 Å². The lowest BCUT2D eigenvalue weighted by Gasteiger charge is -2.34. The normalized spacial score (nSPS) is 13.3. The Hall–Kier alpha value is -3.47. The molecule has 0 spiro atoms. The first-order valence-electron chi connectivity index (χ1n) is 14.8. The molecule has 0 fully saturated rings. The van der Waals surface area contributed by atoms with E-state index < -0.39 is 18.5 Å². The van der Waals surface area contributed by atoms with Crippen molar-refractivity contribution in [2.75, 3.05) is 26.5 Å². The van der Waals surface area contributed by atoms with Crippen molar-refractivity contribution in [2.24, 2.45) is 10.2 Å². The van der Waals surface area contributed by atoms with Gasteiger partial charge in [-0.3, -0.25) is 4.79 Å². The van der Waals surface area contributed by atoms with Gasteiger partial charge in [-0.05, 0) is 78.6 Å². The van der Waals surface area contributed by atoms with Crippen molar-refractivity contribution >= 4 is 41.1 Å². The van der Waals surface area contributed by atoms with Crippen LogP contribution in [0.25, 0.3) is 10.8 Å². The summed E-state index contributed by atoms with van der Waals surface area (Å²) in [6.45, 7) is 13.4. The van der Waals surface area contributed by atoms with Crippen LogP contribution in [0.3, 0.4) is 0 Å². The highest BCUT2D eigenvalue weighted by atomic mass is 32.1. The van der Waals surface area contributed by atoms with E-state index in [2.05, 4.69) is 99.2 Å². The van der Waals surface area contributed by atoms with Gasteiger partial charge in [0.2, 0.25) is 5.91 Å². The Bertz CT molecular complexity index is 1530. The third kappa shape index (κ3) is 9.77. The van der Waals surface area contributed by atoms with Gasteiger partial charge in [-0.15, -0.1) is 0 Å². The molecule has 43 heavy (non-hydrogen) atoms. The summed E-state index contributed by atoms with van der Waals surface area (Å²) in [6.07, 6.45) is 0.770. The van der Waals surface area contributed by atoms with E-state index in [9.17, 15) is 4.79 Å². The van der Waals surface area contributed by atoms with Gasteiger partial charge in [0.05, 0.1) is 18.6 Å². The topological polar surface area (TPSA) is 65.5 Å². The molecule has 0 saturated carbocycles. The lowest BCUT2D eigenvalue weighted by atomic mass is 9.85. The van der Waals surface area contributed by atoms with Gasteiger partial charge in [0.1, 0.15) is 6.04 Å². The quantitative estimate of drug-likeness (QED) is 0.127. The largest absolute Gasteiger partial charge is 0.358 e. The molecule has 3 N–H and O–H groups in total. The summed E-state index contributed by atoms with van der Waals surface area (Å²) >= 11 is 5.86. The first-order chi connectivity index (χ1) is 20.4. The summed E-state index contributed by atoms with van der Waals surface area (Å²) in [5.41, 5.74) is 2.87. The van der Waals surface area contributed by atoms with Gasteiger partial charge in [-0.25, -0.2) is 0 Å². The molecule has 4 rings (SSSR count). The van der Waals surface area contributed by atoms with E-state index in [1.165, 1.54) is 16.3 Å². The number of carbonyl (C=O) groups excluding carboxylic acids is 1. The smallest absolute Gasteiger partial charge is 0.243 e. The Morgan fingerprint density at radius 3 is 1.88 bits per heavy atom. The second kappa shape index (κ2) is 14.3. The van der Waals surface area contributed by atoms with Crippen molar-refractivity contribution in [1.29, 1.82) is 0 Å². The average Bonchev–Trinajstić information content (AvgIpc) is 2.97. The van der Waals surface area contributed by atoms with E-state index in [1.54, 1.807) is 0 Å². The van der Waals surface area contributed by atoms with Crippen LogP contribution in [-0.4, -0.2) is 49.6 Å². The highest BCUT2D eigenvalue weighted by molar-refractivity contribution is 7.80. The molecule has 0 saturated heterocycles. The Morgan fingerprint density at radius 1 is 0.767 bits per heavy atom. The fraction of sp³-hybridized carbons (Fsp3) is 0.333. The highest BCUT2D eigenvalue weighted by Crippen LogP contribution is 2.35. The van der Waals surface area contributed by atoms with Crippen LogP contribution in [0.1, 0.15) is 43.5 Å². The molecule has 0 unspecified atom stereocenters. The minimum Gasteiger partial charge on any atom is -0.358 e. The van der Waals surface area contributed by atoms with Gasteiger partial charge in [-0.2, -0.15) is 0 Å². The number of amides is 1. The van der Waals surface area contributed by atoms with Gasteiger partial charge >= 0.3 is 0 Å². The standard InChI is InChI=1S/C36H45N4OPS/c1-36(2,3)33(34(41)39-32(28-16-9-7-10-17-28)29-18-11-8-12-19-29)40-35(43)38-31(25-37-42(4,5)6)24-26-21-22-27-15-13-14-20-30(27)23-26/h7-23,31-33H,24-25H2,1-6H3,(H,39,41)(H2,38,40,43)/t31-,33+/m0/s1. The Balaban J connectivity index is 1.53. The zero-order chi connectivity index (χ0) is 31.0. The molecule has 0 aliphatic heterocycles. The third-order valence-corrected chi connectivity index (χ3v) is 8.56. The van der Waals surface area contributed by atoms with Crippen molar-refractivity contribution in [3.63, 3.8) is 0 Å². The van der Waals surface area contributed by atoms with Crippen molar-refractivity contribution in [2.45, 2.75) is 45.3 Å². The van der Waals surface area contributed by atoms with Crippen LogP contribution in [0.15, 0.2) is 108 Å². The summed E-state index contributed by atoms with van der Waals surface area (Å²) < 4.78 is 5.02. The van der Waals surface area contributed by atoms with Gasteiger partial charge in [0.15, 0.2) is 5.11 Å². The maximum atomic E-state index is 14.0. The number of carbonyl (C=O) groups is 1. The fourth-order valence-electron chi connectivity index (χ4n) is 5.06. The molecule has 0 radical (unpaired) electrons. The highest BCUT2D eigenvalue weighted by Gasteiger charge is 2.34. The lowest BCUT2D eigenvalue weighted by Crippen LogP contribution is -2.57. The third-order valence-electron chi connectivity index (χ3n) is 7.31. The van der Waals surface area contributed by atoms with E-state index in [0.717, 1.165) is 17.5 Å². The van der Waals surface area contributed by atoms with Gasteiger partial charge in [0.25, 0.3) is 0 Å². The predicted molar refractivity (Wildman–Crippen MR) is 188 cm³/mol. The average molecular weight is 613 g/mol. The summed E-state index contributed by atoms with van der Waals surface area (Å²) in [7, 11) is -1.34. The van der Waals surface area contributed by atoms with Gasteiger partial charge < -0.3 is 20.7 Å². The molecule has 4 aromatic rings. The Morgan fingerprint density at radius 2 is 1.33 bits per heavy atom. The molecule has 5 nitrogen and oxygen atoms in total. The molecule has 0 heterocycles. The number of hydrogen-bond donors (Lipinski definition) is 3. The number of fused-ring (bicyclic) bond motifs is 1. The molecule has 0 bridgehead atoms. The van der Waals surface area contributed by atoms with Crippen molar-refractivity contribution < 1.29 is 4.79 Å². The van der Waals surface area contributed by atoms with Crippen LogP contribution in [0, 0.1) is 5.41 Å². The predicted octanol–water partition coefficient (Wildman–Crippen LogP) is 7.63. The van der Waals surface area contributed by atoms with Crippen LogP contribution >= 0.6 is 19.3 Å². The van der Waals surface area contributed by atoms with Gasteiger partial charge in [0, 0.05) is 0 Å². The van der Waals surface area contributed by atoms with E-state index >= 15 is 0 Å². The first-order valence-corrected chi connectivity index (χ1v) is 18.3. The van der Waals surface area contributed by atoms with Crippen molar-refractivity contribution in [3.05, 3.63) is 120 Å². The molecule has 226 valence electrons. The maximum absolute atomic E-state index is 14.0. The first kappa shape index (κ1) is 32.4. The summed E-state index contributed by atoms with van der Waals surface area (Å²) in [5.74, 6) is -0.106. The van der Waals surface area contributed by atoms with Gasteiger partial charge in [-0.1, -0.05) is 124 Å². The summed E-state index contributed by atoms with van der Waals surface area (Å²) in [6, 6.07) is 34.3. The molecule has 2 atom stereocenters. The number of nitrogens with zero attached hydrogens (tertiary/aromatic N) is 1. The molecule has 0 aliphatic rings. The van der Waals surface area contributed by atoms with Crippen LogP contribution in [0.4, 0.5) is 0 Å². The SMILES string of the molecule is CC(C)(C)[C@H](NC(=S)N[C@H](CN=P(C)(C)C)Cc1ccc2ccccc2c1)C(=O)NC(c1ccccc1)c1ccccc1. The van der Waals surface area contributed by atoms with Crippen LogP contribution < -0.4 is 16.0 Å². The molecule has 0 aromatic heterocycles. The maximum Gasteiger partial charge on any atom is 0.243 e. The molecule has 1 amide bonds. The Kier molecular flexibility index (Phi) is 10.8. The van der Waals surface area contributed by atoms with Crippen LogP contribution in [-0.2, 0) is 11.2 Å². The molecular weight excluding hydrogens is 567 g/mol. The minimum atomic E-state index is -1.34. The number of nitrogens with one attached hydrogen (secondary N) is 3. The Labute approximate surface area is 262 Å². The summed E-state index contributed by atoms with van der Waals surface area (Å²) in [4.78, 5) is 14.0. The molecule has 4 aromatic carbocycles. The van der Waals surface area contributed by atoms with E-state index in [4.69, 9.17) is 17.0 Å². The second-order valence-electron chi connectivity index (χ2n) is 13.0. The monoisotopic (exact) mass is 612 g/mol. The number of rotatable bonds is 10. The van der Waals surface area contributed by atoms with Crippen molar-refractivity contribution in [3.8, 4) is 0 Å². The van der Waals surface area contributed by atoms with Crippen molar-refractivity contribution in [1.82, 2.24) is 16.0 Å². The number of thiocarbonyl (C=S) groups is 1. The van der Waals surface area contributed by atoms with E-state index in [0.29, 0.717) is 11.7 Å². The zero-order valence-electron chi connectivity index (χ0n) is 26.2. The molecular formula is C36H45N4OPS. The lowest BCUT2D eigenvalue weighted by molar-refractivity contribution is -0.125. The fourth-order valence-corrected chi connectivity index (χ4v) is 6.04. The minimum absolute atomic E-state index is 0.00884.